The molecule has 2 rings (SSSR count). The van der Waals surface area contributed by atoms with E-state index in [-0.39, 0.29) is 4.92 Å². The van der Waals surface area contributed by atoms with Crippen molar-refractivity contribution in [3.63, 3.8) is 0 Å². The Balaban J connectivity index is 0.000000579. The summed E-state index contributed by atoms with van der Waals surface area (Å²) in [4.78, 5) is -0.278. The zero-order chi connectivity index (χ0) is 16.7. The van der Waals surface area contributed by atoms with Crippen LogP contribution in [0.1, 0.15) is 56.6 Å². The Labute approximate surface area is 166 Å². The summed E-state index contributed by atoms with van der Waals surface area (Å²) in [6.45, 7) is 13.5. The van der Waals surface area contributed by atoms with E-state index in [4.69, 9.17) is 0 Å². The van der Waals surface area contributed by atoms with Gasteiger partial charge in [-0.25, -0.2) is 0 Å². The number of fused-ring (bicyclic) bond motifs is 1. The summed E-state index contributed by atoms with van der Waals surface area (Å²) in [7, 11) is 0. The molecule has 2 nitrogen and oxygen atoms in total. The Morgan fingerprint density at radius 2 is 1.57 bits per heavy atom. The maximum absolute atomic E-state index is 9.21. The van der Waals surface area contributed by atoms with Crippen molar-refractivity contribution in [1.82, 2.24) is 4.57 Å². The van der Waals surface area contributed by atoms with Gasteiger partial charge in [0, 0.05) is 12.2 Å². The van der Waals surface area contributed by atoms with Crippen LogP contribution in [0.5, 0.6) is 0 Å². The standard InChI is InChI=1S/C13H16N2.C2H6.3HI.V/c1-8-5-6-15-11(4)10(3)12(7-14)13(15)9(8)2;1-2;;;;/h5-6H2,1-4H3;1-2H3;3*1H;/q;;;;;+3/p-3. The number of hydrogen-bond donors (Lipinski definition) is 0. The van der Waals surface area contributed by atoms with E-state index in [9.17, 15) is 5.26 Å². The Hall–Kier alpha value is 1.28. The van der Waals surface area contributed by atoms with E-state index in [1.165, 1.54) is 16.8 Å². The third-order valence-electron chi connectivity index (χ3n) is 3.65. The molecule has 0 saturated carbocycles. The summed E-state index contributed by atoms with van der Waals surface area (Å²) >= 11 is 7.39. The molecular weight excluding hydrogens is 640 g/mol. The van der Waals surface area contributed by atoms with Gasteiger partial charge in [0.15, 0.2) is 0 Å². The molecule has 0 radical (unpaired) electrons. The van der Waals surface area contributed by atoms with Crippen LogP contribution >= 0.6 is 59.9 Å². The van der Waals surface area contributed by atoms with Crippen molar-refractivity contribution < 1.29 is 4.92 Å². The predicted molar refractivity (Wildman–Crippen MR) is 115 cm³/mol. The number of nitrogens with zero attached hydrogens (tertiary/aromatic N) is 2. The molecule has 6 heteroatoms. The molecule has 0 N–H and O–H groups in total. The molecule has 0 unspecified atom stereocenters. The molecule has 118 valence electrons. The average Bonchev–Trinajstić information content (AvgIpc) is 2.68. The van der Waals surface area contributed by atoms with Crippen LogP contribution in [0.2, 0.25) is 0 Å². The van der Waals surface area contributed by atoms with Gasteiger partial charge >= 0.3 is 64.9 Å². The van der Waals surface area contributed by atoms with E-state index in [0.717, 1.165) is 29.8 Å². The van der Waals surface area contributed by atoms with Crippen LogP contribution in [0, 0.1) is 25.2 Å². The fourth-order valence-electron chi connectivity index (χ4n) is 2.34. The predicted octanol–water partition coefficient (Wildman–Crippen LogP) is 6.85. The van der Waals surface area contributed by atoms with Gasteiger partial charge in [0.25, 0.3) is 0 Å². The maximum atomic E-state index is 9.21. The first kappa shape index (κ1) is 22.3. The molecule has 21 heavy (non-hydrogen) atoms. The van der Waals surface area contributed by atoms with Crippen molar-refractivity contribution >= 4 is 65.5 Å². The fourth-order valence-corrected chi connectivity index (χ4v) is 2.34. The van der Waals surface area contributed by atoms with Gasteiger partial charge in [0.1, 0.15) is 6.07 Å². The number of halogens is 3. The van der Waals surface area contributed by atoms with Crippen LogP contribution in [0.3, 0.4) is 0 Å². The van der Waals surface area contributed by atoms with Crippen molar-refractivity contribution in [2.75, 3.05) is 0 Å². The van der Waals surface area contributed by atoms with Crippen LogP contribution in [0.15, 0.2) is 5.57 Å². The Morgan fingerprint density at radius 3 is 2.00 bits per heavy atom. The first-order chi connectivity index (χ1) is 9.81. The van der Waals surface area contributed by atoms with Gasteiger partial charge in [0.05, 0.1) is 11.3 Å². The molecule has 1 aliphatic rings. The number of hydrogen-bond acceptors (Lipinski definition) is 1. The minimum atomic E-state index is -0.278. The van der Waals surface area contributed by atoms with E-state index >= 15 is 0 Å². The van der Waals surface area contributed by atoms with Crippen LogP contribution in [-0.4, -0.2) is 4.57 Å². The second kappa shape index (κ2) is 10.9. The van der Waals surface area contributed by atoms with E-state index in [0.29, 0.717) is 0 Å². The first-order valence-corrected chi connectivity index (χ1v) is 20.4. The molecule has 0 saturated heterocycles. The molecule has 0 aliphatic carbocycles. The number of aromatic nitrogens is 1. The minimum absolute atomic E-state index is 0.278. The summed E-state index contributed by atoms with van der Waals surface area (Å²) in [6.07, 6.45) is 1.11. The Morgan fingerprint density at radius 1 is 1.10 bits per heavy atom. The van der Waals surface area contributed by atoms with Crippen LogP contribution in [0.25, 0.3) is 5.57 Å². The van der Waals surface area contributed by atoms with Gasteiger partial charge in [-0.2, -0.15) is 5.26 Å². The van der Waals surface area contributed by atoms with Gasteiger partial charge in [-0.3, -0.25) is 0 Å². The van der Waals surface area contributed by atoms with Crippen molar-refractivity contribution in [3.05, 3.63) is 28.1 Å². The monoisotopic (exact) mass is 662 g/mol. The molecule has 1 aromatic heterocycles. The second-order valence-electron chi connectivity index (χ2n) is 4.54. The zero-order valence-electron chi connectivity index (χ0n) is 13.4. The van der Waals surface area contributed by atoms with Crippen molar-refractivity contribution in [2.24, 2.45) is 0 Å². The van der Waals surface area contributed by atoms with Crippen LogP contribution in [0.4, 0.5) is 0 Å². The molecule has 0 spiro atoms. The summed E-state index contributed by atoms with van der Waals surface area (Å²) in [5.41, 5.74) is 7.10. The molecule has 2 heterocycles. The van der Waals surface area contributed by atoms with Crippen molar-refractivity contribution in [3.8, 4) is 6.07 Å². The molecule has 0 atom stereocenters. The second-order valence-corrected chi connectivity index (χ2v) is 39.9. The third kappa shape index (κ3) is 6.01. The molecule has 1 aromatic rings. The summed E-state index contributed by atoms with van der Waals surface area (Å²) in [5, 5.41) is 9.21. The van der Waals surface area contributed by atoms with Gasteiger partial charge in [-0.05, 0) is 45.3 Å². The summed E-state index contributed by atoms with van der Waals surface area (Å²) in [5.74, 6) is 0. The molecule has 0 aromatic carbocycles. The normalized spacial score (nSPS) is 12.8. The van der Waals surface area contributed by atoms with Gasteiger partial charge in [0.2, 0.25) is 0 Å². The van der Waals surface area contributed by atoms with Crippen LogP contribution in [-0.2, 0) is 11.5 Å². The summed E-state index contributed by atoms with van der Waals surface area (Å²) in [6, 6.07) is 2.34. The Bertz CT molecular complexity index is 551. The van der Waals surface area contributed by atoms with Crippen molar-refractivity contribution in [2.45, 2.75) is 54.5 Å². The van der Waals surface area contributed by atoms with Gasteiger partial charge in [-0.15, -0.1) is 0 Å². The number of nitriles is 1. The topological polar surface area (TPSA) is 28.7 Å². The van der Waals surface area contributed by atoms with Crippen molar-refractivity contribution in [1.29, 1.82) is 5.26 Å². The van der Waals surface area contributed by atoms with E-state index in [1.54, 1.807) is 0 Å². The third-order valence-corrected chi connectivity index (χ3v) is 3.65. The molecule has 0 bridgehead atoms. The quantitative estimate of drug-likeness (QED) is 0.280. The number of allylic oxidation sites excluding steroid dienone is 2. The fraction of sp³-hybridized carbons (Fsp3) is 0.533. The van der Waals surface area contributed by atoms with E-state index in [2.05, 4.69) is 91.3 Å². The first-order valence-electron chi connectivity index (χ1n) is 6.85. The van der Waals surface area contributed by atoms with Crippen LogP contribution < -0.4 is 0 Å². The molecule has 0 fully saturated rings. The Kier molecular flexibility index (Phi) is 11.6. The SMILES string of the molecule is CC.CC1=C(C)c2c(C#N)c(C)c(C)n2CC1.[I][V]([I])[I]. The zero-order valence-corrected chi connectivity index (χ0v) is 21.3. The molecule has 0 amide bonds. The molecule has 1 aliphatic heterocycles. The van der Waals surface area contributed by atoms with E-state index in [1.807, 2.05) is 20.8 Å². The average molecular weight is 662 g/mol. The van der Waals surface area contributed by atoms with Gasteiger partial charge in [-0.1, -0.05) is 19.4 Å². The molecular formula is C15H22I3N2V. The number of rotatable bonds is 0. The van der Waals surface area contributed by atoms with Gasteiger partial charge < -0.3 is 4.57 Å². The van der Waals surface area contributed by atoms with E-state index < -0.39 is 0 Å². The summed E-state index contributed by atoms with van der Waals surface area (Å²) < 4.78 is 2.29.